The SMILES string of the molecule is CC(C)(O)CN1CC(C(=O)N[C@@H]2CC[C@@]3(S(=O)(=O)c4ccc(F)cc4)c4ccc(C(F)(C(F)(F)F)C(F)(F)F)cc4CC[C@@H]23)CC1=O. The van der Waals surface area contributed by atoms with Crippen LogP contribution in [-0.4, -0.2) is 67.3 Å². The lowest BCUT2D eigenvalue weighted by Crippen LogP contribution is -2.51. The topological polar surface area (TPSA) is 104 Å². The van der Waals surface area contributed by atoms with Gasteiger partial charge in [0.25, 0.3) is 0 Å². The van der Waals surface area contributed by atoms with E-state index in [-0.39, 0.29) is 73.2 Å². The van der Waals surface area contributed by atoms with Crippen molar-refractivity contribution in [1.82, 2.24) is 10.2 Å². The van der Waals surface area contributed by atoms with Gasteiger partial charge in [0.2, 0.25) is 11.8 Å². The zero-order valence-corrected chi connectivity index (χ0v) is 26.0. The second-order valence-electron chi connectivity index (χ2n) is 13.2. The summed E-state index contributed by atoms with van der Waals surface area (Å²) in [4.78, 5) is 26.9. The summed E-state index contributed by atoms with van der Waals surface area (Å²) in [5.74, 6) is -3.45. The van der Waals surface area contributed by atoms with E-state index in [9.17, 15) is 53.8 Å². The molecule has 7 nitrogen and oxygen atoms in total. The van der Waals surface area contributed by atoms with Crippen LogP contribution >= 0.6 is 0 Å². The molecular weight excluding hydrogens is 664 g/mol. The number of benzene rings is 2. The molecule has 47 heavy (non-hydrogen) atoms. The fourth-order valence-electron chi connectivity index (χ4n) is 7.42. The summed E-state index contributed by atoms with van der Waals surface area (Å²) in [5, 5.41) is 12.9. The number of nitrogens with one attached hydrogen (secondary N) is 1. The van der Waals surface area contributed by atoms with Gasteiger partial charge in [0.15, 0.2) is 9.84 Å². The van der Waals surface area contributed by atoms with Gasteiger partial charge in [0, 0.05) is 37.0 Å². The van der Waals surface area contributed by atoms with Crippen molar-refractivity contribution in [2.75, 3.05) is 13.1 Å². The Morgan fingerprint density at radius 3 is 2.19 bits per heavy atom. The van der Waals surface area contributed by atoms with Crippen molar-refractivity contribution in [2.45, 2.75) is 85.3 Å². The Kier molecular flexibility index (Phi) is 8.51. The van der Waals surface area contributed by atoms with Crippen molar-refractivity contribution >= 4 is 21.7 Å². The molecule has 2 aliphatic carbocycles. The number of halogens is 8. The smallest absolute Gasteiger partial charge is 0.389 e. The van der Waals surface area contributed by atoms with E-state index in [0.29, 0.717) is 6.07 Å². The molecule has 3 aliphatic rings. The van der Waals surface area contributed by atoms with Crippen LogP contribution in [0.25, 0.3) is 0 Å². The summed E-state index contributed by atoms with van der Waals surface area (Å²) in [5.41, 5.74) is -9.04. The number of sulfone groups is 1. The molecule has 1 heterocycles. The van der Waals surface area contributed by atoms with Crippen molar-refractivity contribution in [3.8, 4) is 0 Å². The predicted octanol–water partition coefficient (Wildman–Crippen LogP) is 5.24. The summed E-state index contributed by atoms with van der Waals surface area (Å²) >= 11 is 0. The third-order valence-electron chi connectivity index (χ3n) is 9.47. The zero-order chi connectivity index (χ0) is 35.0. The molecule has 16 heteroatoms. The molecule has 0 radical (unpaired) electrons. The molecule has 2 N–H and O–H groups in total. The fourth-order valence-corrected chi connectivity index (χ4v) is 9.89. The number of nitrogens with zero attached hydrogens (tertiary/aromatic N) is 1. The van der Waals surface area contributed by atoms with Gasteiger partial charge in [0.05, 0.1) is 16.4 Å². The maximum atomic E-state index is 15.0. The van der Waals surface area contributed by atoms with Crippen molar-refractivity contribution in [1.29, 1.82) is 0 Å². The number of hydrogen-bond acceptors (Lipinski definition) is 5. The number of rotatable bonds is 7. The van der Waals surface area contributed by atoms with Gasteiger partial charge in [-0.05, 0) is 74.9 Å². The van der Waals surface area contributed by atoms with Crippen LogP contribution in [0, 0.1) is 17.7 Å². The van der Waals surface area contributed by atoms with Gasteiger partial charge in [-0.25, -0.2) is 17.2 Å². The molecule has 2 amide bonds. The number of carbonyl (C=O) groups is 2. The first-order chi connectivity index (χ1) is 21.5. The Morgan fingerprint density at radius 2 is 1.62 bits per heavy atom. The second kappa shape index (κ2) is 11.4. The lowest BCUT2D eigenvalue weighted by atomic mass is 9.74. The van der Waals surface area contributed by atoms with E-state index in [1.807, 2.05) is 0 Å². The first kappa shape index (κ1) is 35.0. The van der Waals surface area contributed by atoms with Gasteiger partial charge >= 0.3 is 18.0 Å². The molecule has 2 aromatic carbocycles. The van der Waals surface area contributed by atoms with Crippen LogP contribution in [0.3, 0.4) is 0 Å². The maximum absolute atomic E-state index is 15.0. The molecule has 0 aromatic heterocycles. The average molecular weight is 697 g/mol. The van der Waals surface area contributed by atoms with E-state index < -0.39 is 73.4 Å². The number of aryl methyl sites for hydroxylation is 1. The summed E-state index contributed by atoms with van der Waals surface area (Å²) in [7, 11) is -4.57. The van der Waals surface area contributed by atoms with Crippen LogP contribution in [0.1, 0.15) is 56.2 Å². The highest BCUT2D eigenvalue weighted by atomic mass is 32.2. The van der Waals surface area contributed by atoms with Crippen molar-refractivity contribution in [2.24, 2.45) is 11.8 Å². The first-order valence-corrected chi connectivity index (χ1v) is 16.3. The van der Waals surface area contributed by atoms with E-state index in [4.69, 9.17) is 0 Å². The van der Waals surface area contributed by atoms with E-state index in [0.717, 1.165) is 30.3 Å². The predicted molar refractivity (Wildman–Crippen MR) is 151 cm³/mol. The minimum atomic E-state index is -6.37. The molecule has 2 fully saturated rings. The number of carbonyl (C=O) groups excluding carboxylic acids is 2. The standard InChI is InChI=1S/C31H32F8N2O5S/c1-27(2,44)16-41-15-18(14-25(41)42)26(43)40-24-11-12-28(47(45,46)21-7-5-20(32)6-8-21)22-10-4-19(13-17(22)3-9-23(24)28)29(33,30(34,35)36)31(37,38)39/h4-8,10,13,18,23-24,44H,3,9,11-12,14-16H2,1-2H3,(H,40,43)/t18?,23-,24+,28+/m0/s1. The second-order valence-corrected chi connectivity index (χ2v) is 15.4. The lowest BCUT2D eigenvalue weighted by Gasteiger charge is -2.43. The number of likely N-dealkylation sites (tertiary alicyclic amines) is 1. The van der Waals surface area contributed by atoms with Gasteiger partial charge < -0.3 is 15.3 Å². The van der Waals surface area contributed by atoms with E-state index in [1.54, 1.807) is 0 Å². The van der Waals surface area contributed by atoms with Crippen LogP contribution in [0.2, 0.25) is 0 Å². The number of amides is 2. The monoisotopic (exact) mass is 696 g/mol. The van der Waals surface area contributed by atoms with Crippen LogP contribution in [0.15, 0.2) is 47.4 Å². The zero-order valence-electron chi connectivity index (χ0n) is 25.2. The third-order valence-corrected chi connectivity index (χ3v) is 12.0. The molecule has 1 saturated heterocycles. The quantitative estimate of drug-likeness (QED) is 0.305. The minimum absolute atomic E-state index is 0.0000656. The molecule has 2 aromatic rings. The number of fused-ring (bicyclic) bond motifs is 3. The van der Waals surface area contributed by atoms with Crippen LogP contribution < -0.4 is 5.32 Å². The van der Waals surface area contributed by atoms with Crippen LogP contribution in [0.4, 0.5) is 35.1 Å². The average Bonchev–Trinajstić information content (AvgIpc) is 3.51. The molecular formula is C31H32F8N2O5S. The molecule has 1 aliphatic heterocycles. The Bertz CT molecular complexity index is 1660. The van der Waals surface area contributed by atoms with Crippen molar-refractivity contribution < 1.29 is 58.2 Å². The minimum Gasteiger partial charge on any atom is -0.389 e. The highest BCUT2D eigenvalue weighted by molar-refractivity contribution is 7.92. The highest BCUT2D eigenvalue weighted by Gasteiger charge is 2.74. The number of β-amino-alcohol motifs (C(OH)–C–C–N with tert-alkyl or cyclic N) is 1. The number of alkyl halides is 7. The van der Waals surface area contributed by atoms with E-state index >= 15 is 4.39 Å². The summed E-state index contributed by atoms with van der Waals surface area (Å²) in [6, 6.07) is 4.39. The van der Waals surface area contributed by atoms with Crippen molar-refractivity contribution in [3.05, 3.63) is 65.0 Å². The Hall–Kier alpha value is -3.27. The highest BCUT2D eigenvalue weighted by Crippen LogP contribution is 2.59. The van der Waals surface area contributed by atoms with Gasteiger partial charge in [-0.3, -0.25) is 9.59 Å². The van der Waals surface area contributed by atoms with E-state index in [2.05, 4.69) is 5.32 Å². The maximum Gasteiger partial charge on any atom is 0.435 e. The third kappa shape index (κ3) is 5.78. The summed E-state index contributed by atoms with van der Waals surface area (Å²) in [6.07, 6.45) is -13.4. The molecule has 0 spiro atoms. The first-order valence-electron chi connectivity index (χ1n) is 14.8. The Labute approximate surface area is 265 Å². The van der Waals surface area contributed by atoms with Crippen LogP contribution in [-0.2, 0) is 36.3 Å². The Balaban J connectivity index is 1.55. The molecule has 4 atom stereocenters. The molecule has 1 unspecified atom stereocenters. The van der Waals surface area contributed by atoms with Gasteiger partial charge in [0.1, 0.15) is 10.6 Å². The van der Waals surface area contributed by atoms with Gasteiger partial charge in [-0.1, -0.05) is 18.2 Å². The molecule has 1 saturated carbocycles. The normalized spacial score (nSPS) is 25.5. The summed E-state index contributed by atoms with van der Waals surface area (Å²) < 4.78 is 137. The van der Waals surface area contributed by atoms with Crippen LogP contribution in [0.5, 0.6) is 0 Å². The lowest BCUT2D eigenvalue weighted by molar-refractivity contribution is -0.348. The molecule has 5 rings (SSSR count). The largest absolute Gasteiger partial charge is 0.435 e. The molecule has 0 bridgehead atoms. The van der Waals surface area contributed by atoms with Crippen molar-refractivity contribution in [3.63, 3.8) is 0 Å². The Morgan fingerprint density at radius 1 is 1.00 bits per heavy atom. The fraction of sp³-hybridized carbons (Fsp3) is 0.548. The number of hydrogen-bond donors (Lipinski definition) is 2. The number of aliphatic hydroxyl groups is 1. The summed E-state index contributed by atoms with van der Waals surface area (Å²) in [6.45, 7) is 2.97. The van der Waals surface area contributed by atoms with E-state index in [1.165, 1.54) is 18.7 Å². The van der Waals surface area contributed by atoms with Gasteiger partial charge in [-0.2, -0.15) is 26.3 Å². The van der Waals surface area contributed by atoms with Gasteiger partial charge in [-0.15, -0.1) is 0 Å². The molecule has 258 valence electrons.